The third kappa shape index (κ3) is 9.77. The monoisotopic (exact) mass is 877 g/mol. The molecule has 334 valence electrons. The number of nitrogens with one attached hydrogen (secondary N) is 3. The summed E-state index contributed by atoms with van der Waals surface area (Å²) in [6, 6.07) is 9.19. The first-order chi connectivity index (χ1) is 29.3. The van der Waals surface area contributed by atoms with E-state index in [0.717, 1.165) is 6.42 Å². The van der Waals surface area contributed by atoms with Gasteiger partial charge in [-0.15, -0.1) is 0 Å². The van der Waals surface area contributed by atoms with Crippen LogP contribution in [0, 0.1) is 23.6 Å². The number of hydrogen-bond donors (Lipinski definition) is 3. The Kier molecular flexibility index (Phi) is 12.5. The van der Waals surface area contributed by atoms with Crippen LogP contribution in [-0.2, 0) is 29.1 Å². The minimum atomic E-state index is -3.95. The average Bonchev–Trinajstić information content (AvgIpc) is 4.14. The van der Waals surface area contributed by atoms with Crippen LogP contribution in [0.4, 0.5) is 9.18 Å². The molecule has 2 saturated carbocycles. The number of aromatic nitrogens is 1. The fourth-order valence-corrected chi connectivity index (χ4v) is 9.85. The van der Waals surface area contributed by atoms with E-state index < -0.39 is 86.1 Å². The van der Waals surface area contributed by atoms with Crippen molar-refractivity contribution >= 4 is 44.6 Å². The third-order valence-electron chi connectivity index (χ3n) is 12.0. The number of fused-ring (bicyclic) bond motifs is 3. The summed E-state index contributed by atoms with van der Waals surface area (Å²) in [5, 5.41) is 6.26. The molecule has 3 aromatic rings. The van der Waals surface area contributed by atoms with E-state index in [-0.39, 0.29) is 36.9 Å². The molecule has 62 heavy (non-hydrogen) atoms. The number of benzene rings is 2. The van der Waals surface area contributed by atoms with Crippen LogP contribution in [-0.4, -0.2) is 97.5 Å². The van der Waals surface area contributed by atoms with Crippen LogP contribution < -0.4 is 29.6 Å². The van der Waals surface area contributed by atoms with E-state index in [2.05, 4.69) is 22.3 Å². The van der Waals surface area contributed by atoms with Gasteiger partial charge in [-0.05, 0) is 119 Å². The van der Waals surface area contributed by atoms with Gasteiger partial charge in [0.25, 0.3) is 5.91 Å². The van der Waals surface area contributed by atoms with Crippen LogP contribution >= 0.6 is 0 Å². The molecule has 7 rings (SSSR count). The zero-order chi connectivity index (χ0) is 44.7. The van der Waals surface area contributed by atoms with Crippen LogP contribution in [0.1, 0.15) is 79.6 Å². The van der Waals surface area contributed by atoms with Crippen molar-refractivity contribution in [3.63, 3.8) is 0 Å². The molecule has 2 aromatic carbocycles. The SMILES string of the molecule is COc1ccc2c(OC3CC4C(=O)NC5(C(=O)NS(=O)(=O)C6CC6)CC5C=CCCC(C)CC(C)C(NC(=O)OC(C)(C)C)C(=O)N4C3)nc(-c3ccc(OC)c(F)c3)cc2c1. The van der Waals surface area contributed by atoms with Crippen molar-refractivity contribution in [1.29, 1.82) is 0 Å². The number of methoxy groups -OCH3 is 2. The molecule has 7 atom stereocenters. The Morgan fingerprint density at radius 1 is 1.00 bits per heavy atom. The van der Waals surface area contributed by atoms with Gasteiger partial charge in [-0.3, -0.25) is 19.1 Å². The zero-order valence-electron chi connectivity index (χ0n) is 36.2. The van der Waals surface area contributed by atoms with Crippen molar-refractivity contribution in [3.05, 3.63) is 60.4 Å². The molecule has 4 amide bonds. The Labute approximate surface area is 361 Å². The minimum Gasteiger partial charge on any atom is -0.497 e. The van der Waals surface area contributed by atoms with Crippen molar-refractivity contribution in [1.82, 2.24) is 25.2 Å². The molecular formula is C45H56FN5O10S. The number of halogens is 1. The van der Waals surface area contributed by atoms with E-state index in [0.29, 0.717) is 53.5 Å². The van der Waals surface area contributed by atoms with E-state index in [9.17, 15) is 32.0 Å². The van der Waals surface area contributed by atoms with E-state index in [4.69, 9.17) is 23.9 Å². The van der Waals surface area contributed by atoms with Crippen LogP contribution in [0.15, 0.2) is 54.6 Å². The number of ether oxygens (including phenoxy) is 4. The number of alkyl carbamates (subject to hydrolysis) is 1. The number of nitrogens with zero attached hydrogens (tertiary/aromatic N) is 2. The second-order valence-corrected chi connectivity index (χ2v) is 20.1. The van der Waals surface area contributed by atoms with Gasteiger partial charge in [0.2, 0.25) is 27.7 Å². The molecule has 2 aliphatic carbocycles. The van der Waals surface area contributed by atoms with Gasteiger partial charge >= 0.3 is 6.09 Å². The predicted molar refractivity (Wildman–Crippen MR) is 228 cm³/mol. The molecule has 3 fully saturated rings. The number of pyridine rings is 1. The lowest BCUT2D eigenvalue weighted by Gasteiger charge is -2.33. The molecule has 3 heterocycles. The number of allylic oxidation sites excluding steroid dienone is 1. The van der Waals surface area contributed by atoms with Crippen LogP contribution in [0.25, 0.3) is 22.0 Å². The summed E-state index contributed by atoms with van der Waals surface area (Å²) in [6.07, 6.45) is 5.08. The summed E-state index contributed by atoms with van der Waals surface area (Å²) in [6.45, 7) is 8.96. The van der Waals surface area contributed by atoms with Gasteiger partial charge in [0.1, 0.15) is 35.1 Å². The van der Waals surface area contributed by atoms with E-state index in [1.54, 1.807) is 51.1 Å². The second-order valence-electron chi connectivity index (χ2n) is 18.1. The van der Waals surface area contributed by atoms with Gasteiger partial charge in [-0.25, -0.2) is 22.6 Å². The molecule has 0 radical (unpaired) electrons. The quantitative estimate of drug-likeness (QED) is 0.221. The first-order valence-corrected chi connectivity index (χ1v) is 22.7. The fourth-order valence-electron chi connectivity index (χ4n) is 8.48. The lowest BCUT2D eigenvalue weighted by Crippen LogP contribution is -2.59. The van der Waals surface area contributed by atoms with Crippen molar-refractivity contribution in [2.24, 2.45) is 17.8 Å². The topological polar surface area (TPSA) is 192 Å². The average molecular weight is 878 g/mol. The summed E-state index contributed by atoms with van der Waals surface area (Å²) in [4.78, 5) is 63.1. The maximum atomic E-state index is 15.0. The zero-order valence-corrected chi connectivity index (χ0v) is 37.0. The predicted octanol–water partition coefficient (Wildman–Crippen LogP) is 5.80. The second kappa shape index (κ2) is 17.4. The number of sulfonamides is 1. The third-order valence-corrected chi connectivity index (χ3v) is 13.8. The van der Waals surface area contributed by atoms with E-state index >= 15 is 0 Å². The number of carbonyl (C=O) groups is 4. The first-order valence-electron chi connectivity index (χ1n) is 21.1. The number of carbonyl (C=O) groups excluding carboxylic acids is 4. The number of hydrogen-bond acceptors (Lipinski definition) is 11. The summed E-state index contributed by atoms with van der Waals surface area (Å²) >= 11 is 0. The Balaban J connectivity index is 1.27. The Bertz CT molecular complexity index is 2380. The molecule has 0 spiro atoms. The molecule has 2 aliphatic heterocycles. The molecule has 4 aliphatic rings. The molecule has 1 aromatic heterocycles. The minimum absolute atomic E-state index is 0.0548. The summed E-state index contributed by atoms with van der Waals surface area (Å²) in [5.74, 6) is -2.67. The van der Waals surface area contributed by atoms with Crippen molar-refractivity contribution in [3.8, 4) is 28.6 Å². The van der Waals surface area contributed by atoms with Crippen LogP contribution in [0.5, 0.6) is 17.4 Å². The highest BCUT2D eigenvalue weighted by atomic mass is 32.2. The lowest BCUT2D eigenvalue weighted by atomic mass is 9.88. The standard InChI is InChI=1S/C45H56FN5O10S/c1-25-10-8-9-11-29-23-45(29,42(54)50-62(56,57)32-14-15-32)49-39(52)36-22-31(24-51(36)41(53)38(26(2)18-25)48-43(55)61-44(3,4)5)60-40-33-16-13-30(58-6)19-28(33)21-35(47-40)27-12-17-37(59-7)34(46)20-27/h9,11-13,16-17,19-21,25-26,29,31-32,36,38H,8,10,14-15,18,22-24H2,1-7H3,(H,48,55)(H,49,52)(H,50,54). The highest BCUT2D eigenvalue weighted by Crippen LogP contribution is 2.46. The summed E-state index contributed by atoms with van der Waals surface area (Å²) < 4.78 is 66.0. The summed E-state index contributed by atoms with van der Waals surface area (Å²) in [7, 11) is -1.04. The van der Waals surface area contributed by atoms with Gasteiger partial charge in [0.15, 0.2) is 11.6 Å². The highest BCUT2D eigenvalue weighted by Gasteiger charge is 2.62. The van der Waals surface area contributed by atoms with Gasteiger partial charge in [-0.2, -0.15) is 0 Å². The van der Waals surface area contributed by atoms with Crippen LogP contribution in [0.2, 0.25) is 0 Å². The van der Waals surface area contributed by atoms with E-state index in [1.807, 2.05) is 19.1 Å². The Hall–Kier alpha value is -5.45. The fraction of sp³-hybridized carbons (Fsp3) is 0.533. The van der Waals surface area contributed by atoms with Crippen molar-refractivity contribution in [2.75, 3.05) is 20.8 Å². The van der Waals surface area contributed by atoms with Gasteiger partial charge in [0.05, 0.1) is 31.7 Å². The van der Waals surface area contributed by atoms with Crippen molar-refractivity contribution < 1.29 is 50.9 Å². The normalized spacial score (nSPS) is 26.9. The Morgan fingerprint density at radius 2 is 1.76 bits per heavy atom. The van der Waals surface area contributed by atoms with E-state index in [1.165, 1.54) is 31.3 Å². The molecule has 0 bridgehead atoms. The molecule has 1 saturated heterocycles. The van der Waals surface area contributed by atoms with Gasteiger partial charge in [-0.1, -0.05) is 26.0 Å². The van der Waals surface area contributed by atoms with Gasteiger partial charge in [0, 0.05) is 23.3 Å². The van der Waals surface area contributed by atoms with Crippen molar-refractivity contribution in [2.45, 2.75) is 114 Å². The maximum absolute atomic E-state index is 15.0. The first kappa shape index (κ1) is 44.6. The maximum Gasteiger partial charge on any atom is 0.408 e. The molecular weight excluding hydrogens is 822 g/mol. The van der Waals surface area contributed by atoms with Gasteiger partial charge < -0.3 is 34.5 Å². The lowest BCUT2D eigenvalue weighted by molar-refractivity contribution is -0.142. The summed E-state index contributed by atoms with van der Waals surface area (Å²) in [5.41, 5.74) is -1.63. The number of rotatable bonds is 9. The number of amides is 4. The molecule has 15 nitrogen and oxygen atoms in total. The molecule has 17 heteroatoms. The molecule has 3 N–H and O–H groups in total. The Morgan fingerprint density at radius 3 is 2.44 bits per heavy atom. The van der Waals surface area contributed by atoms with Crippen LogP contribution in [0.3, 0.4) is 0 Å². The smallest absolute Gasteiger partial charge is 0.408 e. The molecule has 7 unspecified atom stereocenters. The largest absolute Gasteiger partial charge is 0.497 e. The highest BCUT2D eigenvalue weighted by molar-refractivity contribution is 7.91.